The SMILES string of the molecule is CC(C)(CC(=O)O[N+]1=CC1)CC(O)C#CC=CC=CC(O)COc1ccc(F)cc1. The lowest BCUT2D eigenvalue weighted by molar-refractivity contribution is -0.699. The summed E-state index contributed by atoms with van der Waals surface area (Å²) in [6, 6.07) is 5.54. The number of benzene rings is 1. The molecule has 2 atom stereocenters. The largest absolute Gasteiger partial charge is 0.491 e. The van der Waals surface area contributed by atoms with Gasteiger partial charge >= 0.3 is 5.97 Å². The van der Waals surface area contributed by atoms with Gasteiger partial charge in [-0.15, -0.1) is 0 Å². The minimum absolute atomic E-state index is 0.0354. The van der Waals surface area contributed by atoms with Crippen molar-refractivity contribution in [2.45, 2.75) is 38.9 Å². The zero-order valence-corrected chi connectivity index (χ0v) is 17.1. The molecule has 2 unspecified atom stereocenters. The molecule has 0 radical (unpaired) electrons. The summed E-state index contributed by atoms with van der Waals surface area (Å²) in [6.45, 7) is 4.44. The Balaban J connectivity index is 1.67. The van der Waals surface area contributed by atoms with Crippen molar-refractivity contribution in [1.29, 1.82) is 0 Å². The maximum Gasteiger partial charge on any atom is 0.380 e. The Bertz CT molecular complexity index is 862. The third-order valence-corrected chi connectivity index (χ3v) is 4.03. The van der Waals surface area contributed by atoms with Gasteiger partial charge in [0.1, 0.15) is 30.4 Å². The Labute approximate surface area is 175 Å². The lowest BCUT2D eigenvalue weighted by atomic mass is 9.83. The van der Waals surface area contributed by atoms with Crippen molar-refractivity contribution in [1.82, 2.24) is 0 Å². The third-order valence-electron chi connectivity index (χ3n) is 4.03. The Morgan fingerprint density at radius 3 is 2.67 bits per heavy atom. The van der Waals surface area contributed by atoms with Gasteiger partial charge in [-0.3, -0.25) is 0 Å². The predicted molar refractivity (Wildman–Crippen MR) is 110 cm³/mol. The highest BCUT2D eigenvalue weighted by atomic mass is 19.1. The molecule has 30 heavy (non-hydrogen) atoms. The molecule has 1 aromatic rings. The van der Waals surface area contributed by atoms with Gasteiger partial charge in [0.15, 0.2) is 0 Å². The summed E-state index contributed by atoms with van der Waals surface area (Å²) >= 11 is 0. The average molecular weight is 416 g/mol. The second kappa shape index (κ2) is 11.3. The summed E-state index contributed by atoms with van der Waals surface area (Å²) in [4.78, 5) is 16.8. The van der Waals surface area contributed by atoms with Gasteiger partial charge in [-0.2, -0.15) is 4.84 Å². The van der Waals surface area contributed by atoms with E-state index < -0.39 is 17.6 Å². The molecular weight excluding hydrogens is 389 g/mol. The van der Waals surface area contributed by atoms with Gasteiger partial charge in [0.25, 0.3) is 12.8 Å². The number of rotatable bonds is 10. The number of halogens is 1. The second-order valence-corrected chi connectivity index (χ2v) is 7.67. The number of ether oxygens (including phenoxy) is 1. The fourth-order valence-corrected chi connectivity index (χ4v) is 2.52. The highest BCUT2D eigenvalue weighted by Crippen LogP contribution is 2.27. The monoisotopic (exact) mass is 416 g/mol. The number of hydrogen-bond donors (Lipinski definition) is 2. The van der Waals surface area contributed by atoms with E-state index in [-0.39, 0.29) is 24.8 Å². The van der Waals surface area contributed by atoms with Gasteiger partial charge in [-0.25, -0.2) is 9.18 Å². The van der Waals surface area contributed by atoms with Crippen LogP contribution in [0.25, 0.3) is 0 Å². The van der Waals surface area contributed by atoms with Gasteiger partial charge in [0.2, 0.25) is 0 Å². The van der Waals surface area contributed by atoms with Crippen LogP contribution in [0.3, 0.4) is 0 Å². The van der Waals surface area contributed by atoms with Gasteiger partial charge in [-0.1, -0.05) is 43.9 Å². The van der Waals surface area contributed by atoms with E-state index in [0.717, 1.165) is 0 Å². The van der Waals surface area contributed by atoms with Gasteiger partial charge in [-0.05, 0) is 46.9 Å². The van der Waals surface area contributed by atoms with Crippen LogP contribution in [0.4, 0.5) is 4.39 Å². The van der Waals surface area contributed by atoms with Crippen molar-refractivity contribution in [2.24, 2.45) is 5.41 Å². The van der Waals surface area contributed by atoms with Crippen LogP contribution in [0.5, 0.6) is 5.75 Å². The third kappa shape index (κ3) is 10.0. The molecule has 0 spiro atoms. The molecule has 0 fully saturated rings. The van der Waals surface area contributed by atoms with E-state index in [1.165, 1.54) is 35.1 Å². The number of aliphatic hydroxyl groups is 2. The van der Waals surface area contributed by atoms with E-state index >= 15 is 0 Å². The zero-order valence-electron chi connectivity index (χ0n) is 17.1. The lowest BCUT2D eigenvalue weighted by Crippen LogP contribution is -2.24. The van der Waals surface area contributed by atoms with E-state index in [0.29, 0.717) is 18.7 Å². The van der Waals surface area contributed by atoms with Crippen LogP contribution in [-0.4, -0.2) is 52.5 Å². The molecule has 7 heteroatoms. The van der Waals surface area contributed by atoms with Crippen molar-refractivity contribution in [3.8, 4) is 17.6 Å². The predicted octanol–water partition coefficient (Wildman–Crippen LogP) is 2.40. The molecule has 1 aromatic carbocycles. The summed E-state index contributed by atoms with van der Waals surface area (Å²) in [5, 5.41) is 19.9. The molecule has 0 aromatic heterocycles. The van der Waals surface area contributed by atoms with Crippen molar-refractivity contribution < 1.29 is 33.7 Å². The first kappa shape index (κ1) is 23.3. The quantitative estimate of drug-likeness (QED) is 0.265. The molecule has 6 nitrogen and oxygen atoms in total. The molecule has 0 aliphatic carbocycles. The molecule has 1 aliphatic rings. The summed E-state index contributed by atoms with van der Waals surface area (Å²) < 4.78 is 19.6. The molecule has 0 saturated heterocycles. The maximum atomic E-state index is 12.8. The molecule has 2 rings (SSSR count). The summed E-state index contributed by atoms with van der Waals surface area (Å²) in [5.41, 5.74) is -0.445. The van der Waals surface area contributed by atoms with Crippen molar-refractivity contribution in [3.05, 3.63) is 54.4 Å². The van der Waals surface area contributed by atoms with Crippen LogP contribution in [-0.2, 0) is 9.63 Å². The Kier molecular flexibility index (Phi) is 8.78. The van der Waals surface area contributed by atoms with Crippen LogP contribution in [0.15, 0.2) is 48.6 Å². The first-order valence-electron chi connectivity index (χ1n) is 9.63. The highest BCUT2D eigenvalue weighted by Gasteiger charge is 2.30. The summed E-state index contributed by atoms with van der Waals surface area (Å²) in [5.74, 6) is 5.22. The van der Waals surface area contributed by atoms with Gasteiger partial charge in [0.05, 0.1) is 6.42 Å². The summed E-state index contributed by atoms with van der Waals surface area (Å²) in [7, 11) is 0. The van der Waals surface area contributed by atoms with Crippen molar-refractivity contribution >= 4 is 12.2 Å². The molecule has 1 heterocycles. The van der Waals surface area contributed by atoms with E-state index in [9.17, 15) is 19.4 Å². The van der Waals surface area contributed by atoms with Crippen molar-refractivity contribution in [3.63, 3.8) is 0 Å². The maximum absolute atomic E-state index is 12.8. The lowest BCUT2D eigenvalue weighted by Gasteiger charge is -2.23. The van der Waals surface area contributed by atoms with Gasteiger partial charge < -0.3 is 14.9 Å². The fraction of sp³-hybridized carbons (Fsp3) is 0.391. The molecule has 0 bridgehead atoms. The number of carbonyl (C=O) groups excluding carboxylic acids is 1. The minimum Gasteiger partial charge on any atom is -0.491 e. The minimum atomic E-state index is -0.871. The molecule has 0 amide bonds. The van der Waals surface area contributed by atoms with Crippen LogP contribution in [0.1, 0.15) is 26.7 Å². The van der Waals surface area contributed by atoms with Crippen LogP contribution < -0.4 is 4.74 Å². The van der Waals surface area contributed by atoms with Gasteiger partial charge in [0, 0.05) is 0 Å². The molecule has 0 saturated carbocycles. The normalized spacial score (nSPS) is 15.3. The van der Waals surface area contributed by atoms with Crippen LogP contribution in [0, 0.1) is 23.1 Å². The summed E-state index contributed by atoms with van der Waals surface area (Å²) in [6.07, 6.45) is 6.89. The molecule has 2 N–H and O–H groups in total. The number of nitrogens with zero attached hydrogens (tertiary/aromatic N) is 1. The van der Waals surface area contributed by atoms with Crippen LogP contribution in [0.2, 0.25) is 0 Å². The first-order valence-corrected chi connectivity index (χ1v) is 9.63. The molecule has 160 valence electrons. The standard InChI is InChI=1S/C23H27FNO5/c1-23(2,16-22(28)30-25-13-14-25)15-19(26)7-5-3-4-6-8-20(27)17-29-21-11-9-18(24)10-12-21/h3-4,6,8-13,19-20,26-27H,14-17H2,1-2H3/q+1. The Morgan fingerprint density at radius 2 is 2.00 bits per heavy atom. The van der Waals surface area contributed by atoms with Crippen molar-refractivity contribution in [2.75, 3.05) is 13.2 Å². The number of aliphatic hydroxyl groups excluding tert-OH is 2. The highest BCUT2D eigenvalue weighted by molar-refractivity contribution is 5.70. The first-order chi connectivity index (χ1) is 14.2. The number of hydroxylamine groups is 1. The van der Waals surface area contributed by atoms with E-state index in [4.69, 9.17) is 9.57 Å². The zero-order chi connectivity index (χ0) is 22.0. The number of allylic oxidation sites excluding steroid dienone is 3. The van der Waals surface area contributed by atoms with E-state index in [1.54, 1.807) is 24.4 Å². The van der Waals surface area contributed by atoms with Crippen LogP contribution >= 0.6 is 0 Å². The molecular formula is C23H27FNO5+. The fourth-order valence-electron chi connectivity index (χ4n) is 2.52. The topological polar surface area (TPSA) is 79.0 Å². The second-order valence-electron chi connectivity index (χ2n) is 7.67. The van der Waals surface area contributed by atoms with E-state index in [2.05, 4.69) is 11.8 Å². The Hall–Kier alpha value is -2.95. The number of carbonyl (C=O) groups is 1. The smallest absolute Gasteiger partial charge is 0.380 e. The Morgan fingerprint density at radius 1 is 1.30 bits per heavy atom. The average Bonchev–Trinajstić information content (AvgIpc) is 3.46. The number of hydrogen-bond acceptors (Lipinski definition) is 5. The van der Waals surface area contributed by atoms with E-state index in [1.807, 2.05) is 13.8 Å². The molecule has 1 aliphatic heterocycles.